The molecule has 0 spiro atoms. The molecule has 4 rings (SSSR count). The summed E-state index contributed by atoms with van der Waals surface area (Å²) in [6.45, 7) is 6.17. The molecule has 0 aromatic heterocycles. The molecule has 134 valence electrons. The topological polar surface area (TPSA) is 57.5 Å². The van der Waals surface area contributed by atoms with Crippen LogP contribution in [0, 0.1) is 28.6 Å². The van der Waals surface area contributed by atoms with Crippen LogP contribution in [0.5, 0.6) is 0 Å². The molecule has 0 saturated heterocycles. The maximum absolute atomic E-state index is 12.2. The Morgan fingerprint density at radius 1 is 1.08 bits per heavy atom. The second-order valence-corrected chi connectivity index (χ2v) is 9.54. The SMILES string of the molecule is CC(=O)[C@@]1(O)CC[C@H]2[C@@H]3CCC4=CC(O)CC[C@]4(C)[C@H]3CC[C@@]21C. The molecular weight excluding hydrogens is 300 g/mol. The normalized spacial score (nSPS) is 53.6. The Morgan fingerprint density at radius 3 is 2.50 bits per heavy atom. The van der Waals surface area contributed by atoms with Gasteiger partial charge in [0.1, 0.15) is 5.60 Å². The van der Waals surface area contributed by atoms with Crippen molar-refractivity contribution in [1.82, 2.24) is 0 Å². The Balaban J connectivity index is 1.69. The molecule has 3 fully saturated rings. The van der Waals surface area contributed by atoms with Gasteiger partial charge in [-0.1, -0.05) is 25.5 Å². The van der Waals surface area contributed by atoms with E-state index in [2.05, 4.69) is 19.9 Å². The lowest BCUT2D eigenvalue weighted by molar-refractivity contribution is -0.160. The molecule has 4 aliphatic rings. The van der Waals surface area contributed by atoms with E-state index in [0.717, 1.165) is 44.9 Å². The van der Waals surface area contributed by atoms with Gasteiger partial charge in [0.2, 0.25) is 0 Å². The van der Waals surface area contributed by atoms with Crippen molar-refractivity contribution >= 4 is 5.78 Å². The van der Waals surface area contributed by atoms with Gasteiger partial charge in [-0.05, 0) is 81.5 Å². The molecule has 0 heterocycles. The summed E-state index contributed by atoms with van der Waals surface area (Å²) < 4.78 is 0. The van der Waals surface area contributed by atoms with Gasteiger partial charge in [0.05, 0.1) is 6.10 Å². The van der Waals surface area contributed by atoms with E-state index < -0.39 is 5.60 Å². The van der Waals surface area contributed by atoms with Crippen LogP contribution in [0.2, 0.25) is 0 Å². The summed E-state index contributed by atoms with van der Waals surface area (Å²) in [5.41, 5.74) is 0.347. The third-order valence-corrected chi connectivity index (χ3v) is 8.82. The molecule has 3 heteroatoms. The van der Waals surface area contributed by atoms with Crippen LogP contribution in [0.3, 0.4) is 0 Å². The summed E-state index contributed by atoms with van der Waals surface area (Å²) in [5.74, 6) is 1.71. The molecule has 0 amide bonds. The van der Waals surface area contributed by atoms with Crippen LogP contribution in [0.15, 0.2) is 11.6 Å². The zero-order chi connectivity index (χ0) is 17.3. The minimum atomic E-state index is -1.11. The van der Waals surface area contributed by atoms with Crippen molar-refractivity contribution in [3.8, 4) is 0 Å². The first-order chi connectivity index (χ1) is 11.2. The fourth-order valence-corrected chi connectivity index (χ4v) is 7.30. The third-order valence-electron chi connectivity index (χ3n) is 8.82. The van der Waals surface area contributed by atoms with E-state index in [1.54, 1.807) is 6.92 Å². The second kappa shape index (κ2) is 5.17. The molecule has 0 aliphatic heterocycles. The van der Waals surface area contributed by atoms with E-state index in [0.29, 0.717) is 24.2 Å². The van der Waals surface area contributed by atoms with E-state index in [4.69, 9.17) is 0 Å². The smallest absolute Gasteiger partial charge is 0.161 e. The second-order valence-electron chi connectivity index (χ2n) is 9.54. The van der Waals surface area contributed by atoms with Crippen molar-refractivity contribution in [2.75, 3.05) is 0 Å². The number of hydrogen-bond donors (Lipinski definition) is 2. The van der Waals surface area contributed by atoms with Crippen LogP contribution in [0.25, 0.3) is 0 Å². The van der Waals surface area contributed by atoms with Crippen molar-refractivity contribution in [3.05, 3.63) is 11.6 Å². The van der Waals surface area contributed by atoms with Gasteiger partial charge in [-0.25, -0.2) is 0 Å². The molecule has 1 unspecified atom stereocenters. The van der Waals surface area contributed by atoms with Gasteiger partial charge in [0.25, 0.3) is 0 Å². The lowest BCUT2D eigenvalue weighted by Gasteiger charge is -2.59. The zero-order valence-electron chi connectivity index (χ0n) is 15.3. The Bertz CT molecular complexity index is 596. The van der Waals surface area contributed by atoms with Gasteiger partial charge in [-0.3, -0.25) is 4.79 Å². The maximum Gasteiger partial charge on any atom is 0.161 e. The Hall–Kier alpha value is -0.670. The Labute approximate surface area is 145 Å². The van der Waals surface area contributed by atoms with E-state index >= 15 is 0 Å². The predicted octanol–water partition coefficient (Wildman–Crippen LogP) is 3.63. The van der Waals surface area contributed by atoms with Crippen molar-refractivity contribution in [2.24, 2.45) is 28.6 Å². The van der Waals surface area contributed by atoms with Crippen LogP contribution in [-0.4, -0.2) is 27.7 Å². The van der Waals surface area contributed by atoms with Crippen LogP contribution in [0.4, 0.5) is 0 Å². The highest BCUT2D eigenvalue weighted by molar-refractivity contribution is 5.86. The van der Waals surface area contributed by atoms with E-state index in [1.165, 1.54) is 5.57 Å². The molecule has 0 aromatic carbocycles. The van der Waals surface area contributed by atoms with Gasteiger partial charge in [0, 0.05) is 5.41 Å². The standard InChI is InChI=1S/C21H32O3/c1-13(22)21(24)11-8-18-16-5-4-14-12-15(23)6-9-19(14,2)17(16)7-10-20(18,21)3/h12,15-18,23-24H,4-11H2,1-3H3/t15?,16-,17+,18+,19+,20+,21+/m1/s1. The molecule has 24 heavy (non-hydrogen) atoms. The summed E-state index contributed by atoms with van der Waals surface area (Å²) in [6.07, 6.45) is 9.78. The Kier molecular flexibility index (Phi) is 3.61. The molecule has 3 saturated carbocycles. The van der Waals surface area contributed by atoms with Gasteiger partial charge in [-0.15, -0.1) is 0 Å². The van der Waals surface area contributed by atoms with Gasteiger partial charge >= 0.3 is 0 Å². The number of aliphatic hydroxyl groups excluding tert-OH is 1. The first-order valence-electron chi connectivity index (χ1n) is 9.85. The van der Waals surface area contributed by atoms with Crippen LogP contribution < -0.4 is 0 Å². The highest BCUT2D eigenvalue weighted by atomic mass is 16.3. The quantitative estimate of drug-likeness (QED) is 0.721. The molecule has 4 aliphatic carbocycles. The summed E-state index contributed by atoms with van der Waals surface area (Å²) >= 11 is 0. The third kappa shape index (κ3) is 1.94. The number of carbonyl (C=O) groups excluding carboxylic acids is 1. The largest absolute Gasteiger partial charge is 0.389 e. The maximum atomic E-state index is 12.2. The van der Waals surface area contributed by atoms with Crippen molar-refractivity contribution in [1.29, 1.82) is 0 Å². The lowest BCUT2D eigenvalue weighted by atomic mass is 9.46. The lowest BCUT2D eigenvalue weighted by Crippen LogP contribution is -2.57. The number of carbonyl (C=O) groups is 1. The summed E-state index contributed by atoms with van der Waals surface area (Å²) in [7, 11) is 0. The molecule has 2 N–H and O–H groups in total. The minimum Gasteiger partial charge on any atom is -0.389 e. The molecule has 0 bridgehead atoms. The molecule has 0 radical (unpaired) electrons. The summed E-state index contributed by atoms with van der Waals surface area (Å²) in [6, 6.07) is 0. The fraction of sp³-hybridized carbons (Fsp3) is 0.857. The molecule has 3 nitrogen and oxygen atoms in total. The van der Waals surface area contributed by atoms with Gasteiger partial charge in [-0.2, -0.15) is 0 Å². The zero-order valence-corrected chi connectivity index (χ0v) is 15.3. The van der Waals surface area contributed by atoms with Crippen molar-refractivity contribution < 1.29 is 15.0 Å². The van der Waals surface area contributed by atoms with Gasteiger partial charge < -0.3 is 10.2 Å². The predicted molar refractivity (Wildman–Crippen MR) is 93.3 cm³/mol. The number of rotatable bonds is 1. The van der Waals surface area contributed by atoms with Gasteiger partial charge in [0.15, 0.2) is 5.78 Å². The highest BCUT2D eigenvalue weighted by Crippen LogP contribution is 2.67. The van der Waals surface area contributed by atoms with E-state index in [1.807, 2.05) is 0 Å². The average molecular weight is 332 g/mol. The van der Waals surface area contributed by atoms with Crippen LogP contribution >= 0.6 is 0 Å². The summed E-state index contributed by atoms with van der Waals surface area (Å²) in [5, 5.41) is 21.2. The fourth-order valence-electron chi connectivity index (χ4n) is 7.30. The monoisotopic (exact) mass is 332 g/mol. The van der Waals surface area contributed by atoms with Crippen molar-refractivity contribution in [2.45, 2.75) is 83.8 Å². The number of hydrogen-bond acceptors (Lipinski definition) is 3. The highest BCUT2D eigenvalue weighted by Gasteiger charge is 2.65. The average Bonchev–Trinajstić information content (AvgIpc) is 2.81. The van der Waals surface area contributed by atoms with Crippen LogP contribution in [0.1, 0.15) is 72.1 Å². The summed E-state index contributed by atoms with van der Waals surface area (Å²) in [4.78, 5) is 12.2. The van der Waals surface area contributed by atoms with E-state index in [-0.39, 0.29) is 22.7 Å². The Morgan fingerprint density at radius 2 is 1.79 bits per heavy atom. The number of allylic oxidation sites excluding steroid dienone is 1. The molecule has 0 aromatic rings. The number of Topliss-reactive ketones (excluding diaryl/α,β-unsaturated/α-hetero) is 1. The first kappa shape index (κ1) is 16.8. The van der Waals surface area contributed by atoms with E-state index in [9.17, 15) is 15.0 Å². The minimum absolute atomic E-state index is 0.0330. The molecule has 7 atom stereocenters. The first-order valence-corrected chi connectivity index (χ1v) is 9.85. The van der Waals surface area contributed by atoms with Crippen molar-refractivity contribution in [3.63, 3.8) is 0 Å². The number of aliphatic hydroxyl groups is 2. The number of fused-ring (bicyclic) bond motifs is 5. The van der Waals surface area contributed by atoms with Crippen LogP contribution in [-0.2, 0) is 4.79 Å². The molecular formula is C21H32O3. The number of ketones is 1.